The molecule has 0 aliphatic heterocycles. The van der Waals surface area contributed by atoms with Crippen molar-refractivity contribution in [1.82, 2.24) is 0 Å². The van der Waals surface area contributed by atoms with Crippen molar-refractivity contribution in [3.8, 4) is 0 Å². The van der Waals surface area contributed by atoms with E-state index >= 15 is 0 Å². The Kier molecular flexibility index (Phi) is 4.99. The molecule has 0 aromatic heterocycles. The largest absolute Gasteiger partial charge is 0.481 e. The number of benzene rings is 1. The molecule has 2 rings (SSSR count). The van der Waals surface area contributed by atoms with Crippen molar-refractivity contribution >= 4 is 17.6 Å². The maximum atomic E-state index is 12.3. The Morgan fingerprint density at radius 3 is 2.19 bits per heavy atom. The first-order valence-corrected chi connectivity index (χ1v) is 7.62. The lowest BCUT2D eigenvalue weighted by Gasteiger charge is -2.27. The predicted octanol–water partition coefficient (Wildman–Crippen LogP) is 3.64. The average molecular weight is 289 g/mol. The molecule has 1 aliphatic rings. The summed E-state index contributed by atoms with van der Waals surface area (Å²) in [7, 11) is 0. The first kappa shape index (κ1) is 15.5. The summed E-state index contributed by atoms with van der Waals surface area (Å²) >= 11 is 0. The second-order valence-corrected chi connectivity index (χ2v) is 6.10. The molecule has 1 aromatic carbocycles. The van der Waals surface area contributed by atoms with Crippen LogP contribution in [0.3, 0.4) is 0 Å². The van der Waals surface area contributed by atoms with Crippen LogP contribution in [0.25, 0.3) is 0 Å². The summed E-state index contributed by atoms with van der Waals surface area (Å²) in [6, 6.07) is 7.75. The molecule has 1 amide bonds. The van der Waals surface area contributed by atoms with Gasteiger partial charge in [0.05, 0.1) is 11.8 Å². The average Bonchev–Trinajstić information content (AvgIpc) is 2.47. The lowest BCUT2D eigenvalue weighted by Crippen LogP contribution is -2.36. The van der Waals surface area contributed by atoms with Crippen molar-refractivity contribution in [1.29, 1.82) is 0 Å². The summed E-state index contributed by atoms with van der Waals surface area (Å²) < 4.78 is 0. The third-order valence-electron chi connectivity index (χ3n) is 4.26. The van der Waals surface area contributed by atoms with Crippen LogP contribution in [0.4, 0.5) is 5.69 Å². The maximum Gasteiger partial charge on any atom is 0.307 e. The molecule has 0 spiro atoms. The number of hydrogen-bond acceptors (Lipinski definition) is 2. The fourth-order valence-corrected chi connectivity index (χ4v) is 2.93. The maximum absolute atomic E-state index is 12.3. The van der Waals surface area contributed by atoms with Gasteiger partial charge in [-0.2, -0.15) is 0 Å². The van der Waals surface area contributed by atoms with Gasteiger partial charge in [0.2, 0.25) is 5.91 Å². The van der Waals surface area contributed by atoms with Gasteiger partial charge in [-0.25, -0.2) is 0 Å². The van der Waals surface area contributed by atoms with Gasteiger partial charge in [0.15, 0.2) is 0 Å². The van der Waals surface area contributed by atoms with Crippen molar-refractivity contribution in [2.45, 2.75) is 45.4 Å². The van der Waals surface area contributed by atoms with Gasteiger partial charge in [-0.1, -0.05) is 38.8 Å². The molecule has 1 aliphatic carbocycles. The first-order chi connectivity index (χ1) is 9.99. The second-order valence-electron chi connectivity index (χ2n) is 6.10. The highest BCUT2D eigenvalue weighted by atomic mass is 16.4. The minimum atomic E-state index is -0.856. The van der Waals surface area contributed by atoms with Gasteiger partial charge in [-0.15, -0.1) is 0 Å². The van der Waals surface area contributed by atoms with E-state index in [0.29, 0.717) is 18.8 Å². The first-order valence-electron chi connectivity index (χ1n) is 7.62. The molecule has 0 radical (unpaired) electrons. The predicted molar refractivity (Wildman–Crippen MR) is 82.2 cm³/mol. The van der Waals surface area contributed by atoms with Gasteiger partial charge in [0, 0.05) is 5.69 Å². The molecule has 0 bridgehead atoms. The number of carbonyl (C=O) groups excluding carboxylic acids is 1. The Bertz CT molecular complexity index is 507. The van der Waals surface area contributed by atoms with Crippen LogP contribution in [0.1, 0.15) is 51.0 Å². The van der Waals surface area contributed by atoms with Crippen LogP contribution >= 0.6 is 0 Å². The summed E-state index contributed by atoms with van der Waals surface area (Å²) in [6.45, 7) is 4.24. The summed E-state index contributed by atoms with van der Waals surface area (Å²) in [5.74, 6) is -1.54. The van der Waals surface area contributed by atoms with Crippen molar-refractivity contribution < 1.29 is 14.7 Å². The normalized spacial score (nSPS) is 22.0. The molecule has 1 fully saturated rings. The van der Waals surface area contributed by atoms with Gasteiger partial charge >= 0.3 is 5.97 Å². The molecule has 0 saturated heterocycles. The molecule has 0 unspecified atom stereocenters. The number of hydrogen-bond donors (Lipinski definition) is 2. The Labute approximate surface area is 125 Å². The number of aliphatic carboxylic acids is 1. The van der Waals surface area contributed by atoms with Crippen LogP contribution in [0.2, 0.25) is 0 Å². The van der Waals surface area contributed by atoms with Crippen LogP contribution < -0.4 is 5.32 Å². The highest BCUT2D eigenvalue weighted by molar-refractivity contribution is 5.95. The molecule has 1 saturated carbocycles. The lowest BCUT2D eigenvalue weighted by molar-refractivity contribution is -0.147. The number of amides is 1. The van der Waals surface area contributed by atoms with Crippen LogP contribution in [-0.2, 0) is 9.59 Å². The van der Waals surface area contributed by atoms with Gasteiger partial charge < -0.3 is 10.4 Å². The van der Waals surface area contributed by atoms with Crippen LogP contribution in [0.5, 0.6) is 0 Å². The van der Waals surface area contributed by atoms with E-state index in [4.69, 9.17) is 0 Å². The summed E-state index contributed by atoms with van der Waals surface area (Å²) in [4.78, 5) is 23.6. The molecular weight excluding hydrogens is 266 g/mol. The van der Waals surface area contributed by atoms with Crippen LogP contribution in [0.15, 0.2) is 24.3 Å². The monoisotopic (exact) mass is 289 g/mol. The molecular formula is C17H23NO3. The van der Waals surface area contributed by atoms with E-state index in [1.54, 1.807) is 0 Å². The quantitative estimate of drug-likeness (QED) is 0.889. The molecule has 1 aromatic rings. The number of rotatable bonds is 4. The Balaban J connectivity index is 2.04. The molecule has 2 N–H and O–H groups in total. The van der Waals surface area contributed by atoms with Crippen LogP contribution in [0, 0.1) is 11.8 Å². The minimum absolute atomic E-state index is 0.167. The lowest BCUT2D eigenvalue weighted by atomic mass is 9.78. The Hall–Kier alpha value is -1.84. The molecule has 0 heterocycles. The zero-order chi connectivity index (χ0) is 15.4. The Morgan fingerprint density at radius 1 is 1.10 bits per heavy atom. The third-order valence-corrected chi connectivity index (χ3v) is 4.26. The molecule has 114 valence electrons. The van der Waals surface area contributed by atoms with Gasteiger partial charge in [-0.3, -0.25) is 9.59 Å². The highest BCUT2D eigenvalue weighted by Gasteiger charge is 2.35. The Morgan fingerprint density at radius 2 is 1.67 bits per heavy atom. The summed E-state index contributed by atoms with van der Waals surface area (Å²) in [5.41, 5.74) is 1.95. The van der Waals surface area contributed by atoms with E-state index in [1.165, 1.54) is 5.56 Å². The smallest absolute Gasteiger partial charge is 0.307 e. The number of carboxylic acid groups (broad SMARTS) is 1. The highest BCUT2D eigenvalue weighted by Crippen LogP contribution is 2.31. The molecule has 4 heteroatoms. The van der Waals surface area contributed by atoms with Gasteiger partial charge in [0.25, 0.3) is 0 Å². The number of nitrogens with one attached hydrogen (secondary N) is 1. The second kappa shape index (κ2) is 6.74. The molecule has 21 heavy (non-hydrogen) atoms. The van der Waals surface area contributed by atoms with Gasteiger partial charge in [0.1, 0.15) is 0 Å². The van der Waals surface area contributed by atoms with Crippen molar-refractivity contribution in [3.63, 3.8) is 0 Å². The summed E-state index contributed by atoms with van der Waals surface area (Å²) in [5, 5.41) is 12.1. The summed E-state index contributed by atoms with van der Waals surface area (Å²) in [6.07, 6.45) is 3.07. The van der Waals surface area contributed by atoms with Crippen LogP contribution in [-0.4, -0.2) is 17.0 Å². The van der Waals surface area contributed by atoms with E-state index in [1.807, 2.05) is 24.3 Å². The fourth-order valence-electron chi connectivity index (χ4n) is 2.93. The van der Waals surface area contributed by atoms with E-state index in [0.717, 1.165) is 18.5 Å². The van der Waals surface area contributed by atoms with Gasteiger partial charge in [-0.05, 0) is 36.5 Å². The van der Waals surface area contributed by atoms with Crippen molar-refractivity contribution in [2.24, 2.45) is 11.8 Å². The topological polar surface area (TPSA) is 66.4 Å². The van der Waals surface area contributed by atoms with E-state index in [9.17, 15) is 14.7 Å². The SMILES string of the molecule is CC(C)c1ccc(NC(=O)[C@H]2CCCC[C@H]2C(=O)O)cc1. The fraction of sp³-hybridized carbons (Fsp3) is 0.529. The molecule has 4 nitrogen and oxygen atoms in total. The van der Waals surface area contributed by atoms with E-state index in [2.05, 4.69) is 19.2 Å². The molecule has 2 atom stereocenters. The number of carboxylic acids is 1. The van der Waals surface area contributed by atoms with E-state index < -0.39 is 17.8 Å². The number of anilines is 1. The van der Waals surface area contributed by atoms with Crippen molar-refractivity contribution in [2.75, 3.05) is 5.32 Å². The minimum Gasteiger partial charge on any atom is -0.481 e. The zero-order valence-electron chi connectivity index (χ0n) is 12.6. The van der Waals surface area contributed by atoms with E-state index in [-0.39, 0.29) is 5.91 Å². The van der Waals surface area contributed by atoms with Crippen molar-refractivity contribution in [3.05, 3.63) is 29.8 Å². The number of carbonyl (C=O) groups is 2. The zero-order valence-corrected chi connectivity index (χ0v) is 12.6. The third kappa shape index (κ3) is 3.84. The standard InChI is InChI=1S/C17H23NO3/c1-11(2)12-7-9-13(10-8-12)18-16(19)14-5-3-4-6-15(14)17(20)21/h7-11,14-15H,3-6H2,1-2H3,(H,18,19)(H,20,21)/t14-,15+/m0/s1.